The van der Waals surface area contributed by atoms with E-state index < -0.39 is 0 Å². The third-order valence-corrected chi connectivity index (χ3v) is 3.42. The Kier molecular flexibility index (Phi) is 3.79. The van der Waals surface area contributed by atoms with Gasteiger partial charge < -0.3 is 9.84 Å². The van der Waals surface area contributed by atoms with Gasteiger partial charge in [-0.3, -0.25) is 4.79 Å². The molecule has 2 aromatic rings. The van der Waals surface area contributed by atoms with E-state index in [9.17, 15) is 9.90 Å². The molecule has 2 aromatic carbocycles. The normalized spacial score (nSPS) is 10.4. The summed E-state index contributed by atoms with van der Waals surface area (Å²) < 4.78 is 5.14. The van der Waals surface area contributed by atoms with Crippen LogP contribution in [-0.4, -0.2) is 18.5 Å². The average molecular weight is 270 g/mol. The Labute approximate surface area is 118 Å². The molecule has 0 saturated heterocycles. The molecule has 0 spiro atoms. The minimum absolute atomic E-state index is 0.117. The van der Waals surface area contributed by atoms with E-state index in [0.29, 0.717) is 12.0 Å². The van der Waals surface area contributed by atoms with Crippen LogP contribution in [0.5, 0.6) is 11.5 Å². The van der Waals surface area contributed by atoms with Crippen LogP contribution in [0.3, 0.4) is 0 Å². The molecule has 2 rings (SSSR count). The summed E-state index contributed by atoms with van der Waals surface area (Å²) >= 11 is 0. The molecule has 0 atom stereocenters. The zero-order valence-corrected chi connectivity index (χ0v) is 12.2. The average Bonchev–Trinajstić information content (AvgIpc) is 2.39. The number of rotatable bonds is 3. The highest BCUT2D eigenvalue weighted by molar-refractivity contribution is 5.86. The number of hydrogen-bond donors (Lipinski definition) is 1. The first kappa shape index (κ1) is 14.1. The summed E-state index contributed by atoms with van der Waals surface area (Å²) in [7, 11) is 1.47. The van der Waals surface area contributed by atoms with Crippen LogP contribution in [0.1, 0.15) is 27.0 Å². The van der Waals surface area contributed by atoms with Crippen molar-refractivity contribution in [2.45, 2.75) is 20.8 Å². The van der Waals surface area contributed by atoms with Gasteiger partial charge in [-0.15, -0.1) is 0 Å². The predicted octanol–water partition coefficient (Wildman–Crippen LogP) is 3.81. The molecule has 104 valence electrons. The van der Waals surface area contributed by atoms with E-state index in [-0.39, 0.29) is 11.3 Å². The standard InChI is InChI=1S/C17H18O3/c1-10-5-11(2)16(12(3)6-10)13-7-14(9-18)17(19)15(8-13)20-4/h5-9,19H,1-4H3. The number of aryl methyl sites for hydroxylation is 3. The molecule has 20 heavy (non-hydrogen) atoms. The van der Waals surface area contributed by atoms with Gasteiger partial charge >= 0.3 is 0 Å². The van der Waals surface area contributed by atoms with E-state index >= 15 is 0 Å². The Morgan fingerprint density at radius 1 is 1.05 bits per heavy atom. The van der Waals surface area contributed by atoms with Crippen molar-refractivity contribution in [3.8, 4) is 22.6 Å². The summed E-state index contributed by atoms with van der Waals surface area (Å²) in [5, 5.41) is 9.89. The summed E-state index contributed by atoms with van der Waals surface area (Å²) in [6.45, 7) is 6.13. The third kappa shape index (κ3) is 2.39. The second kappa shape index (κ2) is 5.37. The Hall–Kier alpha value is -2.29. The smallest absolute Gasteiger partial charge is 0.168 e. The monoisotopic (exact) mass is 270 g/mol. The van der Waals surface area contributed by atoms with Crippen molar-refractivity contribution in [2.75, 3.05) is 7.11 Å². The van der Waals surface area contributed by atoms with Crippen LogP contribution in [0.2, 0.25) is 0 Å². The van der Waals surface area contributed by atoms with Gasteiger partial charge in [0.2, 0.25) is 0 Å². The summed E-state index contributed by atoms with van der Waals surface area (Å²) in [6.07, 6.45) is 0.639. The van der Waals surface area contributed by atoms with Crippen molar-refractivity contribution in [1.82, 2.24) is 0 Å². The second-order valence-corrected chi connectivity index (χ2v) is 5.01. The van der Waals surface area contributed by atoms with Crippen LogP contribution < -0.4 is 4.74 Å². The number of benzene rings is 2. The van der Waals surface area contributed by atoms with Crippen molar-refractivity contribution in [2.24, 2.45) is 0 Å². The molecule has 0 saturated carbocycles. The van der Waals surface area contributed by atoms with E-state index in [1.54, 1.807) is 12.1 Å². The van der Waals surface area contributed by atoms with E-state index in [1.807, 2.05) is 13.8 Å². The highest BCUT2D eigenvalue weighted by Gasteiger charge is 2.14. The first-order valence-corrected chi connectivity index (χ1v) is 6.42. The quantitative estimate of drug-likeness (QED) is 0.863. The molecule has 0 bridgehead atoms. The van der Waals surface area contributed by atoms with E-state index in [4.69, 9.17) is 4.74 Å². The van der Waals surface area contributed by atoms with Gasteiger partial charge in [0.25, 0.3) is 0 Å². The molecule has 0 aliphatic carbocycles. The molecule has 0 unspecified atom stereocenters. The van der Waals surface area contributed by atoms with Crippen molar-refractivity contribution < 1.29 is 14.6 Å². The van der Waals surface area contributed by atoms with Crippen LogP contribution in [0, 0.1) is 20.8 Å². The molecule has 1 N–H and O–H groups in total. The number of aromatic hydroxyl groups is 1. The van der Waals surface area contributed by atoms with Gasteiger partial charge in [-0.05, 0) is 55.2 Å². The zero-order chi connectivity index (χ0) is 14.9. The van der Waals surface area contributed by atoms with E-state index in [1.165, 1.54) is 12.7 Å². The number of hydrogen-bond acceptors (Lipinski definition) is 3. The molecule has 0 aliphatic heterocycles. The number of phenols is 1. The lowest BCUT2D eigenvalue weighted by molar-refractivity contribution is 0.112. The summed E-state index contributed by atoms with van der Waals surface area (Å²) in [4.78, 5) is 11.1. The number of methoxy groups -OCH3 is 1. The Morgan fingerprint density at radius 3 is 2.15 bits per heavy atom. The molecular formula is C17H18O3. The van der Waals surface area contributed by atoms with Crippen LogP contribution in [0.25, 0.3) is 11.1 Å². The lowest BCUT2D eigenvalue weighted by Crippen LogP contribution is -1.94. The fourth-order valence-corrected chi connectivity index (χ4v) is 2.65. The highest BCUT2D eigenvalue weighted by Crippen LogP contribution is 2.37. The lowest BCUT2D eigenvalue weighted by atomic mass is 9.92. The summed E-state index contributed by atoms with van der Waals surface area (Å²) in [5.74, 6) is 0.192. The van der Waals surface area contributed by atoms with Gasteiger partial charge in [0.15, 0.2) is 17.8 Å². The minimum atomic E-state index is -0.117. The fraction of sp³-hybridized carbons (Fsp3) is 0.235. The van der Waals surface area contributed by atoms with Crippen LogP contribution in [0.15, 0.2) is 24.3 Å². The molecule has 0 radical (unpaired) electrons. The molecule has 0 heterocycles. The third-order valence-electron chi connectivity index (χ3n) is 3.42. The molecular weight excluding hydrogens is 252 g/mol. The van der Waals surface area contributed by atoms with Gasteiger partial charge in [0.1, 0.15) is 0 Å². The van der Waals surface area contributed by atoms with Gasteiger partial charge in [-0.2, -0.15) is 0 Å². The first-order valence-electron chi connectivity index (χ1n) is 6.42. The number of aldehydes is 1. The molecule has 0 aliphatic rings. The van der Waals surface area contributed by atoms with Gasteiger partial charge in [0.05, 0.1) is 12.7 Å². The SMILES string of the molecule is COc1cc(-c2c(C)cc(C)cc2C)cc(C=O)c1O. The molecule has 0 fully saturated rings. The van der Waals surface area contributed by atoms with Gasteiger partial charge in [-0.1, -0.05) is 17.7 Å². The molecule has 0 amide bonds. The maximum Gasteiger partial charge on any atom is 0.168 e. The largest absolute Gasteiger partial charge is 0.504 e. The number of carbonyl (C=O) groups excluding carboxylic acids is 1. The van der Waals surface area contributed by atoms with Crippen LogP contribution in [0.4, 0.5) is 0 Å². The highest BCUT2D eigenvalue weighted by atomic mass is 16.5. The Bertz CT molecular complexity index is 649. The Morgan fingerprint density at radius 2 is 1.65 bits per heavy atom. The maximum atomic E-state index is 11.1. The van der Waals surface area contributed by atoms with Crippen molar-refractivity contribution >= 4 is 6.29 Å². The van der Waals surface area contributed by atoms with Crippen LogP contribution in [-0.2, 0) is 0 Å². The number of carbonyl (C=O) groups is 1. The van der Waals surface area contributed by atoms with Gasteiger partial charge in [-0.25, -0.2) is 0 Å². The van der Waals surface area contributed by atoms with Gasteiger partial charge in [0, 0.05) is 0 Å². The maximum absolute atomic E-state index is 11.1. The second-order valence-electron chi connectivity index (χ2n) is 5.01. The number of ether oxygens (including phenoxy) is 1. The van der Waals surface area contributed by atoms with E-state index in [0.717, 1.165) is 22.3 Å². The minimum Gasteiger partial charge on any atom is -0.504 e. The summed E-state index contributed by atoms with van der Waals surface area (Å²) in [5.41, 5.74) is 5.64. The summed E-state index contributed by atoms with van der Waals surface area (Å²) in [6, 6.07) is 7.65. The first-order chi connectivity index (χ1) is 9.47. The van der Waals surface area contributed by atoms with Crippen molar-refractivity contribution in [3.63, 3.8) is 0 Å². The fourth-order valence-electron chi connectivity index (χ4n) is 2.65. The Balaban J connectivity index is 2.73. The topological polar surface area (TPSA) is 46.5 Å². The lowest BCUT2D eigenvalue weighted by Gasteiger charge is -2.14. The van der Waals surface area contributed by atoms with Crippen molar-refractivity contribution in [1.29, 1.82) is 0 Å². The zero-order valence-electron chi connectivity index (χ0n) is 12.2. The molecule has 3 heteroatoms. The predicted molar refractivity (Wildman–Crippen MR) is 79.7 cm³/mol. The van der Waals surface area contributed by atoms with E-state index in [2.05, 4.69) is 19.1 Å². The molecule has 0 aromatic heterocycles. The van der Waals surface area contributed by atoms with Crippen molar-refractivity contribution in [3.05, 3.63) is 46.5 Å². The number of phenolic OH excluding ortho intramolecular Hbond substituents is 1. The van der Waals surface area contributed by atoms with Crippen LogP contribution >= 0.6 is 0 Å². The molecule has 3 nitrogen and oxygen atoms in total.